The molecule has 0 aromatic rings. The van der Waals surface area contributed by atoms with Gasteiger partial charge in [0.2, 0.25) is 0 Å². The van der Waals surface area contributed by atoms with Crippen molar-refractivity contribution in [3.8, 4) is 0 Å². The summed E-state index contributed by atoms with van der Waals surface area (Å²) in [5.41, 5.74) is -0.644. The monoisotopic (exact) mass is 269 g/mol. The average molecular weight is 269 g/mol. The minimum absolute atomic E-state index is 0.167. The summed E-state index contributed by atoms with van der Waals surface area (Å²) in [6.07, 6.45) is 5.24. The van der Waals surface area contributed by atoms with Crippen LogP contribution < -0.4 is 10.6 Å². The van der Waals surface area contributed by atoms with Crippen molar-refractivity contribution in [2.45, 2.75) is 63.6 Å². The van der Waals surface area contributed by atoms with E-state index in [0.717, 1.165) is 31.8 Å². The minimum atomic E-state index is -0.644. The van der Waals surface area contributed by atoms with Gasteiger partial charge in [-0.15, -0.1) is 0 Å². The van der Waals surface area contributed by atoms with Crippen LogP contribution in [0.5, 0.6) is 0 Å². The molecule has 0 aliphatic heterocycles. The highest BCUT2D eigenvalue weighted by Gasteiger charge is 2.34. The van der Waals surface area contributed by atoms with Crippen molar-refractivity contribution in [2.24, 2.45) is 0 Å². The first-order valence-corrected chi connectivity index (χ1v) is 7.50. The van der Waals surface area contributed by atoms with Crippen LogP contribution in [0.15, 0.2) is 0 Å². The molecule has 2 amide bonds. The molecule has 2 saturated carbocycles. The molecule has 0 spiro atoms. The molecule has 0 radical (unpaired) electrons. The van der Waals surface area contributed by atoms with E-state index in [2.05, 4.69) is 29.4 Å². The molecule has 2 aliphatic rings. The Morgan fingerprint density at radius 3 is 2.53 bits per heavy atom. The second-order valence-corrected chi connectivity index (χ2v) is 6.25. The van der Waals surface area contributed by atoms with E-state index in [4.69, 9.17) is 0 Å². The molecule has 0 bridgehead atoms. The molecule has 0 saturated heterocycles. The first-order valence-electron chi connectivity index (χ1n) is 7.50. The number of carbonyl (C=O) groups is 1. The molecule has 110 valence electrons. The fourth-order valence-electron chi connectivity index (χ4n) is 2.64. The van der Waals surface area contributed by atoms with Crippen molar-refractivity contribution in [2.75, 3.05) is 19.6 Å². The maximum absolute atomic E-state index is 11.6. The molecule has 2 aliphatic carbocycles. The van der Waals surface area contributed by atoms with Gasteiger partial charge in [0.1, 0.15) is 0 Å². The van der Waals surface area contributed by atoms with Gasteiger partial charge in [0.05, 0.1) is 5.60 Å². The van der Waals surface area contributed by atoms with Gasteiger partial charge in [-0.25, -0.2) is 4.79 Å². The quantitative estimate of drug-likeness (QED) is 0.648. The van der Waals surface area contributed by atoms with Crippen molar-refractivity contribution in [3.05, 3.63) is 0 Å². The maximum atomic E-state index is 11.6. The fourth-order valence-corrected chi connectivity index (χ4v) is 2.64. The predicted octanol–water partition coefficient (Wildman–Crippen LogP) is 1.07. The van der Waals surface area contributed by atoms with Crippen LogP contribution >= 0.6 is 0 Å². The number of rotatable bonds is 7. The van der Waals surface area contributed by atoms with Crippen molar-refractivity contribution in [3.63, 3.8) is 0 Å². The molecule has 0 aromatic heterocycles. The van der Waals surface area contributed by atoms with Crippen LogP contribution in [0, 0.1) is 0 Å². The molecular weight excluding hydrogens is 242 g/mol. The lowest BCUT2D eigenvalue weighted by Gasteiger charge is -2.36. The molecule has 5 heteroatoms. The summed E-state index contributed by atoms with van der Waals surface area (Å²) in [4.78, 5) is 14.1. The summed E-state index contributed by atoms with van der Waals surface area (Å²) in [6, 6.07) is 1.09. The molecule has 2 fully saturated rings. The largest absolute Gasteiger partial charge is 0.388 e. The molecule has 0 atom stereocenters. The second kappa shape index (κ2) is 6.09. The molecule has 0 heterocycles. The Morgan fingerprint density at radius 1 is 1.37 bits per heavy atom. The number of hydrogen-bond acceptors (Lipinski definition) is 3. The molecule has 0 aromatic carbocycles. The Labute approximate surface area is 115 Å². The Kier molecular flexibility index (Phi) is 4.68. The Bertz CT molecular complexity index is 310. The van der Waals surface area contributed by atoms with Crippen LogP contribution in [0.2, 0.25) is 0 Å². The third-order valence-corrected chi connectivity index (χ3v) is 4.20. The van der Waals surface area contributed by atoms with E-state index in [1.165, 1.54) is 12.8 Å². The van der Waals surface area contributed by atoms with Gasteiger partial charge in [0.25, 0.3) is 0 Å². The number of nitrogens with one attached hydrogen (secondary N) is 2. The zero-order valence-electron chi connectivity index (χ0n) is 12.1. The smallest absolute Gasteiger partial charge is 0.314 e. The summed E-state index contributed by atoms with van der Waals surface area (Å²) in [6.45, 7) is 6.34. The average Bonchev–Trinajstić information content (AvgIpc) is 3.13. The van der Waals surface area contributed by atoms with E-state index in [1.807, 2.05) is 0 Å². The van der Waals surface area contributed by atoms with Gasteiger partial charge in [0.15, 0.2) is 0 Å². The third-order valence-electron chi connectivity index (χ3n) is 4.20. The van der Waals surface area contributed by atoms with Crippen molar-refractivity contribution >= 4 is 6.03 Å². The lowest BCUT2D eigenvalue weighted by Crippen LogP contribution is -2.51. The molecule has 19 heavy (non-hydrogen) atoms. The van der Waals surface area contributed by atoms with Crippen LogP contribution in [-0.2, 0) is 0 Å². The van der Waals surface area contributed by atoms with E-state index in [9.17, 15) is 9.90 Å². The van der Waals surface area contributed by atoms with Gasteiger partial charge >= 0.3 is 6.03 Å². The van der Waals surface area contributed by atoms with E-state index in [-0.39, 0.29) is 6.03 Å². The summed E-state index contributed by atoms with van der Waals surface area (Å²) < 4.78 is 0. The summed E-state index contributed by atoms with van der Waals surface area (Å²) in [5.74, 6) is 0. The highest BCUT2D eigenvalue weighted by Crippen LogP contribution is 2.30. The first kappa shape index (κ1) is 14.6. The van der Waals surface area contributed by atoms with E-state index >= 15 is 0 Å². The summed E-state index contributed by atoms with van der Waals surface area (Å²) >= 11 is 0. The van der Waals surface area contributed by atoms with Crippen molar-refractivity contribution < 1.29 is 9.90 Å². The number of carbonyl (C=O) groups excluding carboxylic acids is 1. The zero-order valence-corrected chi connectivity index (χ0v) is 12.1. The van der Waals surface area contributed by atoms with Gasteiger partial charge < -0.3 is 15.7 Å². The number of aliphatic hydroxyl groups is 1. The SMILES string of the molecule is CC(C)N(CCNC(=O)NCC1(O)CCC1)C1CC1. The van der Waals surface area contributed by atoms with Crippen LogP contribution in [0.3, 0.4) is 0 Å². The van der Waals surface area contributed by atoms with Gasteiger partial charge in [-0.3, -0.25) is 4.90 Å². The first-order chi connectivity index (χ1) is 9.00. The lowest BCUT2D eigenvalue weighted by molar-refractivity contribution is -0.0290. The van der Waals surface area contributed by atoms with Crippen LogP contribution in [-0.4, -0.2) is 53.4 Å². The van der Waals surface area contributed by atoms with E-state index in [0.29, 0.717) is 19.1 Å². The van der Waals surface area contributed by atoms with Crippen molar-refractivity contribution in [1.82, 2.24) is 15.5 Å². The van der Waals surface area contributed by atoms with E-state index in [1.54, 1.807) is 0 Å². The Hall–Kier alpha value is -0.810. The van der Waals surface area contributed by atoms with Crippen LogP contribution in [0.4, 0.5) is 4.79 Å². The molecular formula is C14H27N3O2. The summed E-state index contributed by atoms with van der Waals surface area (Å²) in [5, 5.41) is 15.5. The van der Waals surface area contributed by atoms with Gasteiger partial charge in [-0.1, -0.05) is 0 Å². The zero-order chi connectivity index (χ0) is 13.9. The van der Waals surface area contributed by atoms with Crippen LogP contribution in [0.1, 0.15) is 46.0 Å². The fraction of sp³-hybridized carbons (Fsp3) is 0.929. The van der Waals surface area contributed by atoms with Gasteiger partial charge in [-0.05, 0) is 46.0 Å². The Morgan fingerprint density at radius 2 is 2.05 bits per heavy atom. The minimum Gasteiger partial charge on any atom is -0.388 e. The molecule has 5 nitrogen and oxygen atoms in total. The molecule has 3 N–H and O–H groups in total. The number of nitrogens with zero attached hydrogens (tertiary/aromatic N) is 1. The molecule has 0 unspecified atom stereocenters. The number of urea groups is 1. The number of hydrogen-bond donors (Lipinski definition) is 3. The summed E-state index contributed by atoms with van der Waals surface area (Å²) in [7, 11) is 0. The number of amides is 2. The lowest BCUT2D eigenvalue weighted by atomic mass is 9.80. The Balaban J connectivity index is 1.57. The second-order valence-electron chi connectivity index (χ2n) is 6.25. The highest BCUT2D eigenvalue weighted by molar-refractivity contribution is 5.73. The predicted molar refractivity (Wildman–Crippen MR) is 75.1 cm³/mol. The normalized spacial score (nSPS) is 21.3. The van der Waals surface area contributed by atoms with Gasteiger partial charge in [0, 0.05) is 31.7 Å². The van der Waals surface area contributed by atoms with Crippen molar-refractivity contribution in [1.29, 1.82) is 0 Å². The van der Waals surface area contributed by atoms with Gasteiger partial charge in [-0.2, -0.15) is 0 Å². The molecule has 2 rings (SSSR count). The third kappa shape index (κ3) is 4.35. The topological polar surface area (TPSA) is 64.6 Å². The highest BCUT2D eigenvalue weighted by atomic mass is 16.3. The standard InChI is InChI=1S/C14H27N3O2/c1-11(2)17(12-4-5-12)9-8-15-13(18)16-10-14(19)6-3-7-14/h11-12,19H,3-10H2,1-2H3,(H2,15,16,18). The maximum Gasteiger partial charge on any atom is 0.314 e. The van der Waals surface area contributed by atoms with E-state index < -0.39 is 5.60 Å². The van der Waals surface area contributed by atoms with Crippen LogP contribution in [0.25, 0.3) is 0 Å².